The van der Waals surface area contributed by atoms with Gasteiger partial charge in [-0.3, -0.25) is 0 Å². The Morgan fingerprint density at radius 3 is 1.61 bits per heavy atom. The van der Waals surface area contributed by atoms with Crippen LogP contribution in [-0.2, 0) is 17.0 Å². The first-order valence-corrected chi connectivity index (χ1v) is 4.26. The van der Waals surface area contributed by atoms with E-state index in [1.165, 1.54) is 0 Å². The fourth-order valence-electron chi connectivity index (χ4n) is 1.14. The third kappa shape index (κ3) is 3.17. The van der Waals surface area contributed by atoms with Crippen LogP contribution in [0.3, 0.4) is 0 Å². The number of hydrogen-bond donors (Lipinski definition) is 0. The summed E-state index contributed by atoms with van der Waals surface area (Å²) in [6, 6.07) is 0.349. The molecule has 1 aromatic rings. The Morgan fingerprint density at radius 1 is 0.944 bits per heavy atom. The van der Waals surface area contributed by atoms with Crippen LogP contribution >= 0.6 is 0 Å². The van der Waals surface area contributed by atoms with Gasteiger partial charge in [0.2, 0.25) is 0 Å². The minimum Gasteiger partial charge on any atom is -0.540 e. The molecule has 96 valence electrons. The van der Waals surface area contributed by atoms with Gasteiger partial charge in [0.25, 0.3) is 0 Å². The van der Waals surface area contributed by atoms with E-state index in [0.29, 0.717) is 0 Å². The molecule has 0 saturated carbocycles. The second-order valence-corrected chi connectivity index (χ2v) is 3.20. The van der Waals surface area contributed by atoms with Crippen molar-refractivity contribution in [3.8, 4) is 0 Å². The number of rotatable bonds is 1. The molecule has 9 heteroatoms. The highest BCUT2D eigenvalue weighted by Crippen LogP contribution is 2.36. The Kier molecular flexibility index (Phi) is 3.63. The van der Waals surface area contributed by atoms with Gasteiger partial charge in [-0.15, -0.1) is 0 Å². The summed E-state index contributed by atoms with van der Waals surface area (Å²) in [6.07, 6.45) is -10.0. The van der Waals surface area contributed by atoms with Crippen LogP contribution in [0.2, 0.25) is 0 Å². The topological polar surface area (TPSA) is 26.3 Å². The smallest absolute Gasteiger partial charge is 0.416 e. The minimum absolute atomic E-state index is 0.104. The van der Waals surface area contributed by atoms with E-state index in [4.69, 9.17) is 0 Å². The van der Waals surface area contributed by atoms with E-state index in [-0.39, 0.29) is 18.2 Å². The molecule has 0 aliphatic carbocycles. The summed E-state index contributed by atoms with van der Waals surface area (Å²) in [5.74, 6) is -1.49. The molecule has 0 fully saturated rings. The van der Waals surface area contributed by atoms with Crippen molar-refractivity contribution in [1.29, 1.82) is 0 Å². The van der Waals surface area contributed by atoms with Gasteiger partial charge in [0, 0.05) is 0 Å². The maximum absolute atomic E-state index is 12.4. The molecular formula is C9H3BF6O2. The van der Waals surface area contributed by atoms with E-state index in [9.17, 15) is 31.1 Å². The molecule has 18 heavy (non-hydrogen) atoms. The molecule has 1 rings (SSSR count). The largest absolute Gasteiger partial charge is 0.540 e. The van der Waals surface area contributed by atoms with Crippen LogP contribution in [0, 0.1) is 0 Å². The van der Waals surface area contributed by atoms with Gasteiger partial charge in [-0.25, -0.2) is 4.79 Å². The van der Waals surface area contributed by atoms with Crippen molar-refractivity contribution in [3.05, 3.63) is 34.9 Å². The highest BCUT2D eigenvalue weighted by Gasteiger charge is 2.37. The predicted octanol–water partition coefficient (Wildman–Crippen LogP) is 2.96. The minimum atomic E-state index is -5.02. The molecule has 0 atom stereocenters. The Balaban J connectivity index is 3.44. The van der Waals surface area contributed by atoms with Gasteiger partial charge in [-0.05, 0) is 18.2 Å². The van der Waals surface area contributed by atoms with Gasteiger partial charge in [0.15, 0.2) is 0 Å². The number of benzene rings is 1. The summed E-state index contributed by atoms with van der Waals surface area (Å²) in [5, 5.41) is 0. The second-order valence-electron chi connectivity index (χ2n) is 3.20. The molecular weight excluding hydrogens is 265 g/mol. The summed E-state index contributed by atoms with van der Waals surface area (Å²) < 4.78 is 77.7. The Hall–Kier alpha value is -1.67. The van der Waals surface area contributed by atoms with Gasteiger partial charge in [0.1, 0.15) is 0 Å². The molecule has 2 radical (unpaired) electrons. The molecule has 2 nitrogen and oxygen atoms in total. The second kappa shape index (κ2) is 4.54. The third-order valence-electron chi connectivity index (χ3n) is 1.93. The van der Waals surface area contributed by atoms with E-state index in [0.717, 1.165) is 0 Å². The summed E-state index contributed by atoms with van der Waals surface area (Å²) >= 11 is 0. The highest BCUT2D eigenvalue weighted by molar-refractivity contribution is 6.09. The van der Waals surface area contributed by atoms with Gasteiger partial charge < -0.3 is 4.65 Å². The number of carbonyl (C=O) groups excluding carboxylic acids is 1. The first-order valence-electron chi connectivity index (χ1n) is 4.26. The maximum atomic E-state index is 12.4. The zero-order valence-corrected chi connectivity index (χ0v) is 8.39. The van der Waals surface area contributed by atoms with E-state index >= 15 is 0 Å². The summed E-state index contributed by atoms with van der Waals surface area (Å²) in [4.78, 5) is 10.9. The van der Waals surface area contributed by atoms with Crippen LogP contribution in [0.25, 0.3) is 0 Å². The SMILES string of the molecule is [B]OC(=O)c1cc(C(F)(F)F)cc(C(F)(F)F)c1. The molecule has 0 N–H and O–H groups in total. The van der Waals surface area contributed by atoms with Crippen LogP contribution in [0.4, 0.5) is 26.3 Å². The molecule has 0 unspecified atom stereocenters. The molecule has 0 aliphatic heterocycles. The summed E-state index contributed by atoms with van der Waals surface area (Å²) in [6.45, 7) is 0. The zero-order chi connectivity index (χ0) is 14.1. The molecule has 0 heterocycles. The lowest BCUT2D eigenvalue weighted by Crippen LogP contribution is -2.14. The highest BCUT2D eigenvalue weighted by atomic mass is 19.4. The molecule has 1 aromatic carbocycles. The average molecular weight is 268 g/mol. The maximum Gasteiger partial charge on any atom is 0.416 e. The van der Waals surface area contributed by atoms with Gasteiger partial charge in [-0.1, -0.05) is 0 Å². The van der Waals surface area contributed by atoms with E-state index in [2.05, 4.69) is 12.7 Å². The van der Waals surface area contributed by atoms with E-state index in [1.54, 1.807) is 0 Å². The van der Waals surface area contributed by atoms with Crippen molar-refractivity contribution in [2.75, 3.05) is 0 Å². The van der Waals surface area contributed by atoms with Gasteiger partial charge in [0.05, 0.1) is 16.7 Å². The zero-order valence-electron chi connectivity index (χ0n) is 8.39. The van der Waals surface area contributed by atoms with Gasteiger partial charge in [-0.2, -0.15) is 26.3 Å². The molecule has 0 aromatic heterocycles. The van der Waals surface area contributed by atoms with Crippen LogP contribution in [0.5, 0.6) is 0 Å². The lowest BCUT2D eigenvalue weighted by Gasteiger charge is -2.13. The normalized spacial score (nSPS) is 12.3. The van der Waals surface area contributed by atoms with Crippen LogP contribution < -0.4 is 0 Å². The first kappa shape index (κ1) is 14.4. The van der Waals surface area contributed by atoms with Gasteiger partial charge >= 0.3 is 26.4 Å². The standard InChI is InChI=1S/C9H3BF6O2/c10-18-7(17)4-1-5(8(11,12)13)3-6(2-4)9(14,15)16/h1-3H. The summed E-state index contributed by atoms with van der Waals surface area (Å²) in [7, 11) is 4.41. The quantitative estimate of drug-likeness (QED) is 0.578. The number of hydrogen-bond acceptors (Lipinski definition) is 2. The fourth-order valence-corrected chi connectivity index (χ4v) is 1.14. The third-order valence-corrected chi connectivity index (χ3v) is 1.93. The first-order chi connectivity index (χ1) is 8.05. The monoisotopic (exact) mass is 268 g/mol. The van der Waals surface area contributed by atoms with Crippen LogP contribution in [0.1, 0.15) is 21.5 Å². The van der Waals surface area contributed by atoms with Crippen molar-refractivity contribution < 1.29 is 35.8 Å². The van der Waals surface area contributed by atoms with Crippen LogP contribution in [0.15, 0.2) is 18.2 Å². The predicted molar refractivity (Wildman–Crippen MR) is 47.6 cm³/mol. The van der Waals surface area contributed by atoms with Crippen molar-refractivity contribution in [1.82, 2.24) is 0 Å². The van der Waals surface area contributed by atoms with Crippen molar-refractivity contribution in [3.63, 3.8) is 0 Å². The molecule has 0 bridgehead atoms. The Bertz CT molecular complexity index is 433. The summed E-state index contributed by atoms with van der Waals surface area (Å²) in [5.41, 5.74) is -4.16. The Labute approximate surface area is 98.0 Å². The number of alkyl halides is 6. The Morgan fingerprint density at radius 2 is 1.33 bits per heavy atom. The molecule has 0 saturated heterocycles. The van der Waals surface area contributed by atoms with Crippen molar-refractivity contribution in [2.45, 2.75) is 12.4 Å². The molecule has 0 spiro atoms. The van der Waals surface area contributed by atoms with Crippen LogP contribution in [-0.4, -0.2) is 14.0 Å². The average Bonchev–Trinajstić information content (AvgIpc) is 2.25. The lowest BCUT2D eigenvalue weighted by molar-refractivity contribution is -0.143. The number of halogens is 6. The fraction of sp³-hybridized carbons (Fsp3) is 0.222. The molecule has 0 aliphatic rings. The lowest BCUT2D eigenvalue weighted by atomic mass is 10.0. The van der Waals surface area contributed by atoms with Crippen molar-refractivity contribution in [2.24, 2.45) is 0 Å². The molecule has 0 amide bonds. The van der Waals surface area contributed by atoms with E-state index < -0.39 is 35.0 Å². The van der Waals surface area contributed by atoms with E-state index in [1.807, 2.05) is 0 Å². The van der Waals surface area contributed by atoms with Crippen molar-refractivity contribution >= 4 is 14.0 Å². The number of carbonyl (C=O) groups is 1.